The highest BCUT2D eigenvalue weighted by atomic mass is 32.3. The van der Waals surface area contributed by atoms with Gasteiger partial charge in [0.1, 0.15) is 10.7 Å². The standard InChI is InChI=1S/C7H5F3O3S/c1-13-6-2-5(9)7(3-4(6)8)14(10,11)12/h2-3H,1H3. The lowest BCUT2D eigenvalue weighted by Crippen LogP contribution is -1.99. The topological polar surface area (TPSA) is 43.4 Å². The molecule has 0 aliphatic carbocycles. The molecule has 0 radical (unpaired) electrons. The average Bonchev–Trinajstić information content (AvgIpc) is 2.06. The number of benzene rings is 1. The molecular formula is C7H5F3O3S. The SMILES string of the molecule is COc1cc(F)c(S(=O)(=O)F)cc1F. The van der Waals surface area contributed by atoms with Crippen LogP contribution in [0.4, 0.5) is 12.7 Å². The second-order valence-corrected chi connectivity index (χ2v) is 3.67. The fourth-order valence-electron chi connectivity index (χ4n) is 0.854. The van der Waals surface area contributed by atoms with E-state index >= 15 is 0 Å². The molecule has 1 aromatic carbocycles. The molecule has 14 heavy (non-hydrogen) atoms. The smallest absolute Gasteiger partial charge is 0.335 e. The summed E-state index contributed by atoms with van der Waals surface area (Å²) in [6.07, 6.45) is 0. The van der Waals surface area contributed by atoms with Gasteiger partial charge in [-0.1, -0.05) is 0 Å². The van der Waals surface area contributed by atoms with Crippen molar-refractivity contribution in [3.8, 4) is 5.75 Å². The van der Waals surface area contributed by atoms with Crippen molar-refractivity contribution in [2.24, 2.45) is 0 Å². The molecule has 7 heteroatoms. The minimum atomic E-state index is -5.25. The molecule has 0 atom stereocenters. The van der Waals surface area contributed by atoms with Crippen LogP contribution in [0.5, 0.6) is 5.75 Å². The van der Waals surface area contributed by atoms with E-state index in [0.29, 0.717) is 6.07 Å². The van der Waals surface area contributed by atoms with Gasteiger partial charge in [-0.2, -0.15) is 8.42 Å². The summed E-state index contributed by atoms with van der Waals surface area (Å²) < 4.78 is 63.0. The van der Waals surface area contributed by atoms with E-state index in [1.165, 1.54) is 0 Å². The van der Waals surface area contributed by atoms with Crippen molar-refractivity contribution in [2.45, 2.75) is 4.90 Å². The van der Waals surface area contributed by atoms with Crippen LogP contribution in [0, 0.1) is 11.6 Å². The summed E-state index contributed by atoms with van der Waals surface area (Å²) >= 11 is 0. The zero-order chi connectivity index (χ0) is 10.9. The van der Waals surface area contributed by atoms with Gasteiger partial charge >= 0.3 is 10.2 Å². The first kappa shape index (κ1) is 10.8. The molecule has 0 saturated heterocycles. The molecule has 0 N–H and O–H groups in total. The number of ether oxygens (including phenoxy) is 1. The quantitative estimate of drug-likeness (QED) is 0.720. The third kappa shape index (κ3) is 1.98. The molecule has 0 amide bonds. The van der Waals surface area contributed by atoms with Crippen LogP contribution in [0.2, 0.25) is 0 Å². The van der Waals surface area contributed by atoms with Crippen molar-refractivity contribution in [1.29, 1.82) is 0 Å². The van der Waals surface area contributed by atoms with Crippen LogP contribution in [0.1, 0.15) is 0 Å². The van der Waals surface area contributed by atoms with Crippen molar-refractivity contribution < 1.29 is 25.8 Å². The van der Waals surface area contributed by atoms with Gasteiger partial charge in [-0.05, 0) is 0 Å². The highest BCUT2D eigenvalue weighted by Crippen LogP contribution is 2.25. The summed E-state index contributed by atoms with van der Waals surface area (Å²) in [7, 11) is -4.18. The van der Waals surface area contributed by atoms with E-state index in [2.05, 4.69) is 4.74 Å². The molecule has 0 saturated carbocycles. The van der Waals surface area contributed by atoms with E-state index in [0.717, 1.165) is 7.11 Å². The molecule has 1 aromatic rings. The molecule has 0 aromatic heterocycles. The molecule has 3 nitrogen and oxygen atoms in total. The molecule has 0 aliphatic rings. The maximum atomic E-state index is 12.8. The lowest BCUT2D eigenvalue weighted by Gasteiger charge is -2.03. The van der Waals surface area contributed by atoms with Crippen molar-refractivity contribution in [3.05, 3.63) is 23.8 Å². The minimum Gasteiger partial charge on any atom is -0.494 e. The Morgan fingerprint density at radius 2 is 1.79 bits per heavy atom. The summed E-state index contributed by atoms with van der Waals surface area (Å²) in [5, 5.41) is 0. The number of hydrogen-bond donors (Lipinski definition) is 0. The van der Waals surface area contributed by atoms with Gasteiger partial charge in [-0.15, -0.1) is 3.89 Å². The van der Waals surface area contributed by atoms with Gasteiger partial charge in [-0.3, -0.25) is 0 Å². The summed E-state index contributed by atoms with van der Waals surface area (Å²) in [5.41, 5.74) is 0. The van der Waals surface area contributed by atoms with E-state index in [4.69, 9.17) is 0 Å². The van der Waals surface area contributed by atoms with Crippen LogP contribution in [0.3, 0.4) is 0 Å². The minimum absolute atomic E-state index is 0.226. The number of halogens is 3. The summed E-state index contributed by atoms with van der Waals surface area (Å²) in [6.45, 7) is 0. The third-order valence-corrected chi connectivity index (χ3v) is 2.31. The van der Waals surface area contributed by atoms with Crippen molar-refractivity contribution >= 4 is 10.2 Å². The van der Waals surface area contributed by atoms with Crippen LogP contribution < -0.4 is 4.74 Å². The van der Waals surface area contributed by atoms with E-state index in [1.54, 1.807) is 0 Å². The van der Waals surface area contributed by atoms with Crippen LogP contribution in [-0.2, 0) is 10.2 Å². The summed E-state index contributed by atoms with van der Waals surface area (Å²) in [4.78, 5) is -1.34. The Morgan fingerprint density at radius 3 is 2.21 bits per heavy atom. The zero-order valence-electron chi connectivity index (χ0n) is 6.92. The molecule has 0 heterocycles. The van der Waals surface area contributed by atoms with Crippen LogP contribution >= 0.6 is 0 Å². The predicted octanol–water partition coefficient (Wildman–Crippen LogP) is 1.63. The van der Waals surface area contributed by atoms with Gasteiger partial charge in [0.05, 0.1) is 7.11 Å². The molecule has 1 rings (SSSR count). The van der Waals surface area contributed by atoms with Gasteiger partial charge in [0, 0.05) is 12.1 Å². The van der Waals surface area contributed by atoms with Crippen LogP contribution in [0.15, 0.2) is 17.0 Å². The Hall–Kier alpha value is -1.24. The average molecular weight is 226 g/mol. The highest BCUT2D eigenvalue weighted by molar-refractivity contribution is 7.86. The normalized spacial score (nSPS) is 11.4. The van der Waals surface area contributed by atoms with E-state index in [9.17, 15) is 21.1 Å². The second kappa shape index (κ2) is 3.49. The Morgan fingerprint density at radius 1 is 1.21 bits per heavy atom. The molecular weight excluding hydrogens is 221 g/mol. The maximum absolute atomic E-state index is 12.8. The number of hydrogen-bond acceptors (Lipinski definition) is 3. The lowest BCUT2D eigenvalue weighted by atomic mass is 10.3. The molecule has 0 bridgehead atoms. The predicted molar refractivity (Wildman–Crippen MR) is 41.2 cm³/mol. The summed E-state index contributed by atoms with van der Waals surface area (Å²) in [5.74, 6) is -3.04. The van der Waals surface area contributed by atoms with Crippen molar-refractivity contribution in [1.82, 2.24) is 0 Å². The Balaban J connectivity index is 3.44. The van der Waals surface area contributed by atoms with Crippen LogP contribution in [-0.4, -0.2) is 15.5 Å². The fraction of sp³-hybridized carbons (Fsp3) is 0.143. The van der Waals surface area contributed by atoms with Crippen molar-refractivity contribution in [2.75, 3.05) is 7.11 Å². The third-order valence-electron chi connectivity index (χ3n) is 1.47. The second-order valence-electron chi connectivity index (χ2n) is 2.36. The van der Waals surface area contributed by atoms with Gasteiger partial charge < -0.3 is 4.74 Å². The molecule has 78 valence electrons. The Bertz CT molecular complexity index is 455. The Labute approximate surface area is 78.3 Å². The highest BCUT2D eigenvalue weighted by Gasteiger charge is 2.21. The van der Waals surface area contributed by atoms with Gasteiger partial charge in [0.15, 0.2) is 11.6 Å². The molecule has 0 fully saturated rings. The lowest BCUT2D eigenvalue weighted by molar-refractivity contribution is 0.380. The molecule has 0 unspecified atom stereocenters. The largest absolute Gasteiger partial charge is 0.494 e. The fourth-order valence-corrected chi connectivity index (χ4v) is 1.39. The first-order valence-corrected chi connectivity index (χ1v) is 4.72. The zero-order valence-corrected chi connectivity index (χ0v) is 7.74. The first-order valence-electron chi connectivity index (χ1n) is 3.34. The number of methoxy groups -OCH3 is 1. The van der Waals surface area contributed by atoms with Gasteiger partial charge in [0.25, 0.3) is 0 Å². The van der Waals surface area contributed by atoms with Crippen molar-refractivity contribution in [3.63, 3.8) is 0 Å². The maximum Gasteiger partial charge on any atom is 0.335 e. The number of rotatable bonds is 2. The van der Waals surface area contributed by atoms with Gasteiger partial charge in [0.2, 0.25) is 0 Å². The van der Waals surface area contributed by atoms with Crippen LogP contribution in [0.25, 0.3) is 0 Å². The molecule has 0 spiro atoms. The van der Waals surface area contributed by atoms with E-state index in [1.807, 2.05) is 0 Å². The monoisotopic (exact) mass is 226 g/mol. The van der Waals surface area contributed by atoms with Gasteiger partial charge in [-0.25, -0.2) is 8.78 Å². The molecule has 0 aliphatic heterocycles. The summed E-state index contributed by atoms with van der Waals surface area (Å²) in [6, 6.07) is 0.686. The Kier molecular flexibility index (Phi) is 2.70. The first-order chi connectivity index (χ1) is 6.36. The van der Waals surface area contributed by atoms with E-state index < -0.39 is 32.5 Å². The van der Waals surface area contributed by atoms with E-state index in [-0.39, 0.29) is 6.07 Å².